The lowest BCUT2D eigenvalue weighted by Gasteiger charge is -2.14. The maximum absolute atomic E-state index is 6.20. The van der Waals surface area contributed by atoms with Crippen molar-refractivity contribution in [2.45, 2.75) is 36.0 Å². The van der Waals surface area contributed by atoms with E-state index in [0.717, 1.165) is 25.9 Å². The molecule has 0 aliphatic carbocycles. The molecule has 0 saturated heterocycles. The van der Waals surface area contributed by atoms with Crippen molar-refractivity contribution >= 4 is 23.4 Å². The number of thioether (sulfide) groups is 1. The molecule has 0 fully saturated rings. The molecular formula is C14H20ClNS. The molecule has 1 heterocycles. The van der Waals surface area contributed by atoms with Gasteiger partial charge in [0.1, 0.15) is 0 Å². The van der Waals surface area contributed by atoms with Crippen LogP contribution in [0.1, 0.15) is 31.2 Å². The largest absolute Gasteiger partial charge is 0.315 e. The zero-order valence-electron chi connectivity index (χ0n) is 10.3. The van der Waals surface area contributed by atoms with Gasteiger partial charge in [-0.1, -0.05) is 31.5 Å². The van der Waals surface area contributed by atoms with Crippen LogP contribution in [0.15, 0.2) is 29.2 Å². The molecule has 0 spiro atoms. The molecule has 1 aromatic carbocycles. The van der Waals surface area contributed by atoms with Gasteiger partial charge in [-0.2, -0.15) is 0 Å². The molecule has 3 heteroatoms. The predicted octanol–water partition coefficient (Wildman–Crippen LogP) is 3.87. The Bertz CT molecular complexity index is 356. The van der Waals surface area contributed by atoms with Gasteiger partial charge < -0.3 is 5.32 Å². The van der Waals surface area contributed by atoms with E-state index in [1.54, 1.807) is 0 Å². The minimum Gasteiger partial charge on any atom is -0.315 e. The molecule has 0 aromatic heterocycles. The average molecular weight is 270 g/mol. The lowest BCUT2D eigenvalue weighted by atomic mass is 10.0. The van der Waals surface area contributed by atoms with Gasteiger partial charge in [0.05, 0.1) is 0 Å². The number of rotatable bonds is 6. The van der Waals surface area contributed by atoms with Crippen molar-refractivity contribution in [1.29, 1.82) is 0 Å². The SMILES string of the molecule is CCCC(Cl)CNCC1CSc2ccccc21. The molecule has 0 radical (unpaired) electrons. The minimum absolute atomic E-state index is 0.282. The minimum atomic E-state index is 0.282. The topological polar surface area (TPSA) is 12.0 Å². The molecule has 17 heavy (non-hydrogen) atoms. The first kappa shape index (κ1) is 13.3. The zero-order valence-corrected chi connectivity index (χ0v) is 11.9. The summed E-state index contributed by atoms with van der Waals surface area (Å²) in [7, 11) is 0. The van der Waals surface area contributed by atoms with Gasteiger partial charge in [0.2, 0.25) is 0 Å². The van der Waals surface area contributed by atoms with Crippen molar-refractivity contribution < 1.29 is 0 Å². The fraction of sp³-hybridized carbons (Fsp3) is 0.571. The molecule has 1 N–H and O–H groups in total. The molecule has 0 amide bonds. The predicted molar refractivity (Wildman–Crippen MR) is 77.3 cm³/mol. The van der Waals surface area contributed by atoms with Gasteiger partial charge in [-0.15, -0.1) is 23.4 Å². The first-order valence-corrected chi connectivity index (χ1v) is 7.80. The second-order valence-corrected chi connectivity index (χ2v) is 6.27. The van der Waals surface area contributed by atoms with Crippen molar-refractivity contribution in [2.75, 3.05) is 18.8 Å². The normalized spacial score (nSPS) is 20.2. The molecule has 2 atom stereocenters. The van der Waals surface area contributed by atoms with Crippen LogP contribution in [0.4, 0.5) is 0 Å². The van der Waals surface area contributed by atoms with Gasteiger partial charge in [0.15, 0.2) is 0 Å². The van der Waals surface area contributed by atoms with Gasteiger partial charge in [-0.25, -0.2) is 0 Å². The van der Waals surface area contributed by atoms with E-state index in [-0.39, 0.29) is 5.38 Å². The zero-order chi connectivity index (χ0) is 12.1. The number of hydrogen-bond acceptors (Lipinski definition) is 2. The third kappa shape index (κ3) is 3.64. The van der Waals surface area contributed by atoms with Crippen LogP contribution in [0.25, 0.3) is 0 Å². The van der Waals surface area contributed by atoms with Crippen molar-refractivity contribution in [3.8, 4) is 0 Å². The fourth-order valence-corrected chi connectivity index (χ4v) is 3.81. The molecule has 2 rings (SSSR count). The van der Waals surface area contributed by atoms with Gasteiger partial charge in [0.25, 0.3) is 0 Å². The second-order valence-electron chi connectivity index (χ2n) is 4.59. The summed E-state index contributed by atoms with van der Waals surface area (Å²) in [5.41, 5.74) is 1.51. The maximum atomic E-state index is 6.20. The van der Waals surface area contributed by atoms with Crippen molar-refractivity contribution in [3.63, 3.8) is 0 Å². The number of fused-ring (bicyclic) bond motifs is 1. The van der Waals surface area contributed by atoms with Crippen LogP contribution in [0.2, 0.25) is 0 Å². The van der Waals surface area contributed by atoms with E-state index in [1.165, 1.54) is 16.2 Å². The molecule has 94 valence electrons. The Balaban J connectivity index is 1.78. The van der Waals surface area contributed by atoms with Gasteiger partial charge >= 0.3 is 0 Å². The summed E-state index contributed by atoms with van der Waals surface area (Å²) in [6.45, 7) is 4.16. The Morgan fingerprint density at radius 3 is 3.12 bits per heavy atom. The van der Waals surface area contributed by atoms with E-state index >= 15 is 0 Å². The molecule has 0 saturated carbocycles. The van der Waals surface area contributed by atoms with Crippen molar-refractivity contribution in [1.82, 2.24) is 5.32 Å². The third-order valence-corrected chi connectivity index (χ3v) is 4.78. The van der Waals surface area contributed by atoms with Crippen molar-refractivity contribution in [3.05, 3.63) is 29.8 Å². The lowest BCUT2D eigenvalue weighted by molar-refractivity contribution is 0.587. The van der Waals surface area contributed by atoms with E-state index in [2.05, 4.69) is 36.5 Å². The lowest BCUT2D eigenvalue weighted by Crippen LogP contribution is -2.27. The number of benzene rings is 1. The van der Waals surface area contributed by atoms with E-state index in [1.807, 2.05) is 11.8 Å². The molecule has 1 aromatic rings. The molecule has 1 aliphatic rings. The molecule has 1 aliphatic heterocycles. The summed E-state index contributed by atoms with van der Waals surface area (Å²) in [5, 5.41) is 3.79. The smallest absolute Gasteiger partial charge is 0.0460 e. The summed E-state index contributed by atoms with van der Waals surface area (Å²) < 4.78 is 0. The third-order valence-electron chi connectivity index (χ3n) is 3.16. The Morgan fingerprint density at radius 1 is 1.47 bits per heavy atom. The highest BCUT2D eigenvalue weighted by Crippen LogP contribution is 2.38. The highest BCUT2D eigenvalue weighted by atomic mass is 35.5. The van der Waals surface area contributed by atoms with E-state index < -0.39 is 0 Å². The van der Waals surface area contributed by atoms with Crippen molar-refractivity contribution in [2.24, 2.45) is 0 Å². The molecule has 0 bridgehead atoms. The Labute approximate surface area is 113 Å². The van der Waals surface area contributed by atoms with Crippen LogP contribution in [0.3, 0.4) is 0 Å². The summed E-state index contributed by atoms with van der Waals surface area (Å²) in [4.78, 5) is 1.45. The van der Waals surface area contributed by atoms with E-state index in [9.17, 15) is 0 Å². The monoisotopic (exact) mass is 269 g/mol. The summed E-state index contributed by atoms with van der Waals surface area (Å²) in [5.74, 6) is 1.86. The van der Waals surface area contributed by atoms with Gasteiger partial charge in [0, 0.05) is 35.0 Å². The first-order valence-electron chi connectivity index (χ1n) is 6.37. The van der Waals surface area contributed by atoms with E-state index in [4.69, 9.17) is 11.6 Å². The number of halogens is 1. The van der Waals surface area contributed by atoms with E-state index in [0.29, 0.717) is 5.92 Å². The fourth-order valence-electron chi connectivity index (χ4n) is 2.23. The number of nitrogens with one attached hydrogen (secondary N) is 1. The number of hydrogen-bond donors (Lipinski definition) is 1. The summed E-state index contributed by atoms with van der Waals surface area (Å²) >= 11 is 8.17. The number of alkyl halides is 1. The van der Waals surface area contributed by atoms with Gasteiger partial charge in [-0.3, -0.25) is 0 Å². The van der Waals surface area contributed by atoms with Crippen LogP contribution in [-0.4, -0.2) is 24.2 Å². The molecule has 2 unspecified atom stereocenters. The van der Waals surface area contributed by atoms with Crippen LogP contribution >= 0.6 is 23.4 Å². The first-order chi connectivity index (χ1) is 8.31. The van der Waals surface area contributed by atoms with Gasteiger partial charge in [-0.05, 0) is 18.1 Å². The molecule has 1 nitrogen and oxygen atoms in total. The van der Waals surface area contributed by atoms with Crippen LogP contribution in [-0.2, 0) is 0 Å². The Kier molecular flexibility index (Phi) is 5.20. The Hall–Kier alpha value is -0.180. The van der Waals surface area contributed by atoms with Crippen LogP contribution < -0.4 is 5.32 Å². The second kappa shape index (κ2) is 6.67. The standard InChI is InChI=1S/C14H20ClNS/c1-2-5-12(15)9-16-8-11-10-17-14-7-4-3-6-13(11)14/h3-4,6-7,11-12,16H,2,5,8-10H2,1H3. The Morgan fingerprint density at radius 2 is 2.29 bits per heavy atom. The van der Waals surface area contributed by atoms with Crippen LogP contribution in [0, 0.1) is 0 Å². The average Bonchev–Trinajstić information content (AvgIpc) is 2.73. The summed E-state index contributed by atoms with van der Waals surface area (Å²) in [6, 6.07) is 8.74. The highest BCUT2D eigenvalue weighted by molar-refractivity contribution is 7.99. The molecular weight excluding hydrogens is 250 g/mol. The highest BCUT2D eigenvalue weighted by Gasteiger charge is 2.22. The summed E-state index contributed by atoms with van der Waals surface area (Å²) in [6.07, 6.45) is 2.27. The maximum Gasteiger partial charge on any atom is 0.0460 e. The quantitative estimate of drug-likeness (QED) is 0.787. The van der Waals surface area contributed by atoms with Crippen LogP contribution in [0.5, 0.6) is 0 Å².